The third-order valence-electron chi connectivity index (χ3n) is 1.76. The third-order valence-corrected chi connectivity index (χ3v) is 2.36. The molecule has 6 N–H and O–H groups in total. The molecule has 9 heteroatoms. The quantitative estimate of drug-likeness (QED) is 0.353. The molecule has 0 rings (SSSR count). The molecule has 1 amide bonds. The largest absolute Gasteiger partial charge is 0.480 e. The van der Waals surface area contributed by atoms with Crippen molar-refractivity contribution < 1.29 is 29.0 Å². The molecule has 1 atom stereocenters. The Morgan fingerprint density at radius 1 is 1.41 bits per heavy atom. The van der Waals surface area contributed by atoms with Crippen LogP contribution >= 0.6 is 7.60 Å². The lowest BCUT2D eigenvalue weighted by molar-refractivity contribution is -0.139. The Morgan fingerprint density at radius 3 is 2.41 bits per heavy atom. The summed E-state index contributed by atoms with van der Waals surface area (Å²) in [7, 11) is -4.22. The van der Waals surface area contributed by atoms with E-state index in [0.29, 0.717) is 5.82 Å². The number of primary amides is 1. The zero-order chi connectivity index (χ0) is 13.5. The van der Waals surface area contributed by atoms with Gasteiger partial charge >= 0.3 is 13.6 Å². The number of amides is 1. The number of carbonyl (C=O) groups is 2. The van der Waals surface area contributed by atoms with Gasteiger partial charge in [-0.2, -0.15) is 0 Å². The molecule has 0 aromatic heterocycles. The molecule has 0 bridgehead atoms. The molecule has 0 saturated heterocycles. The predicted octanol–water partition coefficient (Wildman–Crippen LogP) is -1.01. The van der Waals surface area contributed by atoms with Crippen LogP contribution in [-0.2, 0) is 14.2 Å². The molecule has 8 nitrogen and oxygen atoms in total. The molecule has 0 aliphatic carbocycles. The average molecular weight is 266 g/mol. The van der Waals surface area contributed by atoms with Gasteiger partial charge in [0.1, 0.15) is 6.04 Å². The van der Waals surface area contributed by atoms with Crippen LogP contribution in [0.4, 0.5) is 0 Å². The van der Waals surface area contributed by atoms with Crippen LogP contribution in [0, 0.1) is 0 Å². The topological polar surface area (TPSA) is 150 Å². The highest BCUT2D eigenvalue weighted by Crippen LogP contribution is 2.35. The zero-order valence-corrected chi connectivity index (χ0v) is 9.84. The normalized spacial score (nSPS) is 13.8. The molecule has 0 spiro atoms. The number of nitrogens with one attached hydrogen (secondary N) is 1. The predicted molar refractivity (Wildman–Crippen MR) is 59.0 cm³/mol. The first kappa shape index (κ1) is 15.8. The maximum atomic E-state index is 10.7. The highest BCUT2D eigenvalue weighted by atomic mass is 31.2. The van der Waals surface area contributed by atoms with Gasteiger partial charge in [0.05, 0.1) is 0 Å². The molecule has 0 aliphatic heterocycles. The molecule has 0 aromatic rings. The van der Waals surface area contributed by atoms with E-state index in [-0.39, 0.29) is 19.4 Å². The Hall–Kier alpha value is -1.21. The Balaban J connectivity index is 4.10. The summed E-state index contributed by atoms with van der Waals surface area (Å²) in [5.74, 6) is -1.09. The molecule has 0 saturated carbocycles. The minimum atomic E-state index is -4.22. The van der Waals surface area contributed by atoms with Crippen molar-refractivity contribution in [2.45, 2.75) is 18.9 Å². The van der Waals surface area contributed by atoms with Crippen LogP contribution in [0.5, 0.6) is 0 Å². The lowest BCUT2D eigenvalue weighted by Crippen LogP contribution is -2.37. The molecule has 0 fully saturated rings. The number of carbonyl (C=O) groups excluding carboxylic acids is 1. The lowest BCUT2D eigenvalue weighted by Gasteiger charge is -2.11. The van der Waals surface area contributed by atoms with Gasteiger partial charge in [0, 0.05) is 18.8 Å². The van der Waals surface area contributed by atoms with Crippen molar-refractivity contribution >= 4 is 19.5 Å². The second-order valence-corrected chi connectivity index (χ2v) is 4.75. The summed E-state index contributed by atoms with van der Waals surface area (Å²) in [6.45, 7) is -0.0269. The third kappa shape index (κ3) is 9.70. The summed E-state index contributed by atoms with van der Waals surface area (Å²) in [4.78, 5) is 38.2. The summed E-state index contributed by atoms with van der Waals surface area (Å²) in [5, 5.41) is 11.3. The zero-order valence-electron chi connectivity index (χ0n) is 8.94. The van der Waals surface area contributed by atoms with Gasteiger partial charge in [-0.05, 0) is 6.42 Å². The first-order chi connectivity index (χ1) is 7.72. The number of aliphatic carboxylic acids is 1. The number of carboxylic acids is 1. The van der Waals surface area contributed by atoms with E-state index >= 15 is 0 Å². The molecular weight excluding hydrogens is 251 g/mol. The fourth-order valence-electron chi connectivity index (χ4n) is 1.000. The molecule has 0 aliphatic rings. The van der Waals surface area contributed by atoms with E-state index in [2.05, 4.69) is 5.32 Å². The number of carboxylic acid groups (broad SMARTS) is 1. The van der Waals surface area contributed by atoms with Gasteiger partial charge in [-0.1, -0.05) is 6.08 Å². The molecule has 0 aromatic carbocycles. The fourth-order valence-corrected chi connectivity index (χ4v) is 1.38. The van der Waals surface area contributed by atoms with Crippen LogP contribution in [0.25, 0.3) is 0 Å². The Labute approximate surface area is 97.7 Å². The van der Waals surface area contributed by atoms with Crippen molar-refractivity contribution in [2.75, 3.05) is 6.54 Å². The lowest BCUT2D eigenvalue weighted by atomic mass is 10.1. The highest BCUT2D eigenvalue weighted by Gasteiger charge is 2.16. The van der Waals surface area contributed by atoms with Crippen molar-refractivity contribution in [3.63, 3.8) is 0 Å². The van der Waals surface area contributed by atoms with Crippen LogP contribution < -0.4 is 11.1 Å². The maximum Gasteiger partial charge on any atom is 0.348 e. The molecule has 0 unspecified atom stereocenters. The van der Waals surface area contributed by atoms with E-state index in [1.54, 1.807) is 0 Å². The van der Waals surface area contributed by atoms with Gasteiger partial charge in [-0.15, -0.1) is 0 Å². The summed E-state index contributed by atoms with van der Waals surface area (Å²) >= 11 is 0. The van der Waals surface area contributed by atoms with Gasteiger partial charge in [0.2, 0.25) is 5.91 Å². The Bertz CT molecular complexity index is 350. The van der Waals surface area contributed by atoms with Crippen LogP contribution in [0.3, 0.4) is 0 Å². The summed E-state index contributed by atoms with van der Waals surface area (Å²) < 4.78 is 10.4. The summed E-state index contributed by atoms with van der Waals surface area (Å²) in [6.07, 6.45) is 1.07. The molecule has 98 valence electrons. The molecular formula is C8H15N2O6P. The summed E-state index contributed by atoms with van der Waals surface area (Å²) in [6, 6.07) is -0.982. The van der Waals surface area contributed by atoms with E-state index < -0.39 is 25.5 Å². The maximum absolute atomic E-state index is 10.7. The van der Waals surface area contributed by atoms with Crippen molar-refractivity contribution in [2.24, 2.45) is 5.73 Å². The smallest absolute Gasteiger partial charge is 0.348 e. The Morgan fingerprint density at radius 2 is 2.00 bits per heavy atom. The van der Waals surface area contributed by atoms with Gasteiger partial charge in [0.25, 0.3) is 0 Å². The van der Waals surface area contributed by atoms with Crippen LogP contribution in [0.2, 0.25) is 0 Å². The minimum absolute atomic E-state index is 0.0222. The fraction of sp³-hybridized carbons (Fsp3) is 0.500. The molecule has 0 heterocycles. The molecule has 17 heavy (non-hydrogen) atoms. The number of nitrogens with two attached hydrogens (primary N) is 1. The van der Waals surface area contributed by atoms with E-state index in [1.807, 2.05) is 0 Å². The van der Waals surface area contributed by atoms with Crippen LogP contribution in [0.15, 0.2) is 11.9 Å². The van der Waals surface area contributed by atoms with Crippen molar-refractivity contribution in [3.05, 3.63) is 11.9 Å². The van der Waals surface area contributed by atoms with E-state index in [1.165, 1.54) is 0 Å². The standard InChI is InChI=1S/C8H15N2O6P/c9-7(11)3-2-6(8(12)13)10-4-1-5-17(14,15)16/h1,5-6,10H,2-4H2,(H2,9,11)(H,12,13)(H2,14,15,16)/t6-/m0/s1. The second kappa shape index (κ2) is 7.18. The Kier molecular flexibility index (Phi) is 6.67. The van der Waals surface area contributed by atoms with E-state index in [0.717, 1.165) is 6.08 Å². The van der Waals surface area contributed by atoms with Gasteiger partial charge in [-0.3, -0.25) is 14.2 Å². The first-order valence-corrected chi connectivity index (χ1v) is 6.38. The monoisotopic (exact) mass is 266 g/mol. The van der Waals surface area contributed by atoms with Crippen LogP contribution in [0.1, 0.15) is 12.8 Å². The van der Waals surface area contributed by atoms with Crippen LogP contribution in [-0.4, -0.2) is 39.4 Å². The van der Waals surface area contributed by atoms with E-state index in [4.69, 9.17) is 20.6 Å². The first-order valence-electron chi connectivity index (χ1n) is 4.70. The second-order valence-electron chi connectivity index (χ2n) is 3.28. The minimum Gasteiger partial charge on any atom is -0.480 e. The molecule has 0 radical (unpaired) electrons. The van der Waals surface area contributed by atoms with Crippen molar-refractivity contribution in [3.8, 4) is 0 Å². The van der Waals surface area contributed by atoms with Gasteiger partial charge in [-0.25, -0.2) is 0 Å². The highest BCUT2D eigenvalue weighted by molar-refractivity contribution is 7.55. The van der Waals surface area contributed by atoms with Gasteiger partial charge in [0.15, 0.2) is 0 Å². The van der Waals surface area contributed by atoms with Crippen molar-refractivity contribution in [1.82, 2.24) is 5.32 Å². The average Bonchev–Trinajstić information content (AvgIpc) is 2.13. The number of rotatable bonds is 8. The van der Waals surface area contributed by atoms with E-state index in [9.17, 15) is 14.2 Å². The van der Waals surface area contributed by atoms with Crippen molar-refractivity contribution in [1.29, 1.82) is 0 Å². The SMILES string of the molecule is NC(=O)CC[C@H](NCC=CP(=O)(O)O)C(=O)O. The number of hydrogen-bond donors (Lipinski definition) is 5. The van der Waals surface area contributed by atoms with Gasteiger partial charge < -0.3 is 25.9 Å². The number of hydrogen-bond acceptors (Lipinski definition) is 4. The summed E-state index contributed by atoms with van der Waals surface area (Å²) in [5.41, 5.74) is 4.88.